The van der Waals surface area contributed by atoms with E-state index in [9.17, 15) is 22.0 Å². The van der Waals surface area contributed by atoms with Gasteiger partial charge in [0.2, 0.25) is 21.2 Å². The Balaban J connectivity index is 1.37. The van der Waals surface area contributed by atoms with E-state index >= 15 is 0 Å². The number of hydrogen-bond acceptors (Lipinski definition) is 8. The summed E-state index contributed by atoms with van der Waals surface area (Å²) in [6.07, 6.45) is 2.72. The molecule has 0 saturated heterocycles. The fraction of sp³-hybridized carbons (Fsp3) is 0.250. The van der Waals surface area contributed by atoms with Crippen molar-refractivity contribution in [2.24, 2.45) is 0 Å². The molecule has 4 heterocycles. The van der Waals surface area contributed by atoms with Gasteiger partial charge in [0, 0.05) is 27.7 Å². The molecule has 1 aliphatic rings. The number of hydrogen-bond donors (Lipinski definition) is 1. The van der Waals surface area contributed by atoms with Gasteiger partial charge in [0.1, 0.15) is 0 Å². The third-order valence-electron chi connectivity index (χ3n) is 5.76. The van der Waals surface area contributed by atoms with Gasteiger partial charge in [0.25, 0.3) is 11.8 Å². The summed E-state index contributed by atoms with van der Waals surface area (Å²) in [5.41, 5.74) is -1.25. The van der Waals surface area contributed by atoms with E-state index in [1.54, 1.807) is 31.3 Å². The lowest BCUT2D eigenvalue weighted by atomic mass is 10.1. The van der Waals surface area contributed by atoms with Crippen LogP contribution in [0.3, 0.4) is 0 Å². The molecular weight excluding hydrogens is 544 g/mol. The Labute approximate surface area is 220 Å². The molecule has 0 spiro atoms. The van der Waals surface area contributed by atoms with Gasteiger partial charge in [-0.2, -0.15) is 4.39 Å². The smallest absolute Gasteiger partial charge is 0.269 e. The van der Waals surface area contributed by atoms with Crippen LogP contribution in [0, 0.1) is 5.82 Å². The number of amides is 1. The molecule has 0 saturated carbocycles. The number of pyridine rings is 2. The maximum atomic E-state index is 14.2. The molecule has 0 fully saturated rings. The van der Waals surface area contributed by atoms with Crippen molar-refractivity contribution in [2.75, 3.05) is 13.2 Å². The number of aromatic nitrogens is 4. The predicted molar refractivity (Wildman–Crippen MR) is 132 cm³/mol. The Morgan fingerprint density at radius 2 is 2.13 bits per heavy atom. The van der Waals surface area contributed by atoms with Crippen molar-refractivity contribution in [3.63, 3.8) is 0 Å². The van der Waals surface area contributed by atoms with E-state index in [2.05, 4.69) is 20.4 Å². The zero-order valence-corrected chi connectivity index (χ0v) is 21.4. The van der Waals surface area contributed by atoms with Crippen LogP contribution in [0.2, 0.25) is 5.02 Å². The second-order valence-corrected chi connectivity index (χ2v) is 10.7. The lowest BCUT2D eigenvalue weighted by molar-refractivity contribution is 0.0947. The summed E-state index contributed by atoms with van der Waals surface area (Å²) in [6, 6.07) is 7.43. The Morgan fingerprint density at radius 3 is 2.92 bits per heavy atom. The topological polar surface area (TPSA) is 125 Å². The first-order valence-corrected chi connectivity index (χ1v) is 13.3. The molecule has 38 heavy (non-hydrogen) atoms. The van der Waals surface area contributed by atoms with Crippen molar-refractivity contribution in [2.45, 2.75) is 30.5 Å². The van der Waals surface area contributed by atoms with Crippen LogP contribution in [-0.2, 0) is 27.7 Å². The van der Waals surface area contributed by atoms with Crippen LogP contribution in [-0.4, -0.2) is 52.8 Å². The van der Waals surface area contributed by atoms with Gasteiger partial charge in [-0.1, -0.05) is 11.6 Å². The molecule has 4 aromatic rings. The van der Waals surface area contributed by atoms with E-state index in [1.807, 2.05) is 0 Å². The minimum absolute atomic E-state index is 0.0200. The highest BCUT2D eigenvalue weighted by molar-refractivity contribution is 7.92. The number of fused-ring (bicyclic) bond motifs is 2. The average molecular weight is 564 g/mol. The molecule has 14 heteroatoms. The zero-order valence-electron chi connectivity index (χ0n) is 19.8. The Hall–Kier alpha value is -3.68. The number of benzene rings is 1. The molecule has 1 N–H and O–H groups in total. The summed E-state index contributed by atoms with van der Waals surface area (Å²) < 4.78 is 64.7. The molecule has 5 rings (SSSR count). The Kier molecular flexibility index (Phi) is 6.99. The summed E-state index contributed by atoms with van der Waals surface area (Å²) in [5, 5.41) is 7.38. The summed E-state index contributed by atoms with van der Waals surface area (Å²) in [4.78, 5) is 21.3. The molecule has 198 valence electrons. The molecule has 0 bridgehead atoms. The van der Waals surface area contributed by atoms with Crippen molar-refractivity contribution in [1.82, 2.24) is 25.1 Å². The van der Waals surface area contributed by atoms with E-state index in [4.69, 9.17) is 21.1 Å². The quantitative estimate of drug-likeness (QED) is 0.378. The molecule has 0 unspecified atom stereocenters. The van der Waals surface area contributed by atoms with Crippen molar-refractivity contribution in [1.29, 1.82) is 0 Å². The van der Waals surface area contributed by atoms with Crippen LogP contribution in [0.5, 0.6) is 5.88 Å². The van der Waals surface area contributed by atoms with Gasteiger partial charge < -0.3 is 14.8 Å². The molecule has 1 amide bonds. The van der Waals surface area contributed by atoms with E-state index in [0.29, 0.717) is 22.4 Å². The summed E-state index contributed by atoms with van der Waals surface area (Å²) in [5.74, 6) is -1.04. The maximum absolute atomic E-state index is 14.2. The minimum atomic E-state index is -4.37. The number of sulfone groups is 1. The van der Waals surface area contributed by atoms with Crippen LogP contribution in [0.15, 0.2) is 47.6 Å². The van der Waals surface area contributed by atoms with E-state index in [0.717, 1.165) is 12.3 Å². The molecular formula is C24H20ClF2N5O5S. The largest absolute Gasteiger partial charge is 0.475 e. The summed E-state index contributed by atoms with van der Waals surface area (Å²) in [7, 11) is -4.37. The highest BCUT2D eigenvalue weighted by Gasteiger charge is 2.34. The van der Waals surface area contributed by atoms with Crippen molar-refractivity contribution in [3.8, 4) is 11.7 Å². The number of nitrogens with one attached hydrogen (secondary N) is 1. The second kappa shape index (κ2) is 10.2. The first-order valence-electron chi connectivity index (χ1n) is 11.4. The highest BCUT2D eigenvalue weighted by atomic mass is 35.5. The first-order chi connectivity index (χ1) is 18.2. The molecule has 0 radical (unpaired) electrons. The van der Waals surface area contributed by atoms with Gasteiger partial charge in [0.05, 0.1) is 48.7 Å². The first kappa shape index (κ1) is 25.9. The standard InChI is InChI=1S/C24H20ClF2N5O5S/c1-2-37-24-18(26)10-32(31-24)22-4-3-13-8-28-15(7-19(13)30-22)9-29-23(33)14-5-17(25)16-11-36-12-21(27)38(34,35)20(16)6-14/h3-8,10,21H,2,9,11-12H2,1H3,(H,29,33)/t21-/m1/s1. The zero-order chi connectivity index (χ0) is 27.0. The lowest BCUT2D eigenvalue weighted by Crippen LogP contribution is -2.24. The molecule has 1 atom stereocenters. The number of carbonyl (C=O) groups excluding carboxylic acids is 1. The van der Waals surface area contributed by atoms with E-state index in [1.165, 1.54) is 10.7 Å². The minimum Gasteiger partial charge on any atom is -0.475 e. The van der Waals surface area contributed by atoms with E-state index in [-0.39, 0.29) is 46.7 Å². The van der Waals surface area contributed by atoms with Gasteiger partial charge in [-0.25, -0.2) is 22.5 Å². The number of alkyl halides is 1. The number of ether oxygens (including phenoxy) is 2. The molecule has 0 aliphatic carbocycles. The van der Waals surface area contributed by atoms with Crippen LogP contribution >= 0.6 is 11.6 Å². The van der Waals surface area contributed by atoms with Crippen molar-refractivity contribution < 1.29 is 31.5 Å². The third kappa shape index (κ3) is 4.91. The van der Waals surface area contributed by atoms with Crippen LogP contribution in [0.4, 0.5) is 8.78 Å². The second-order valence-electron chi connectivity index (χ2n) is 8.29. The molecule has 1 aliphatic heterocycles. The Bertz CT molecular complexity index is 1660. The van der Waals surface area contributed by atoms with Crippen LogP contribution in [0.25, 0.3) is 16.7 Å². The number of halogens is 3. The predicted octanol–water partition coefficient (Wildman–Crippen LogP) is 3.54. The maximum Gasteiger partial charge on any atom is 0.269 e. The van der Waals surface area contributed by atoms with Gasteiger partial charge in [-0.15, -0.1) is 5.10 Å². The Morgan fingerprint density at radius 1 is 1.32 bits per heavy atom. The van der Waals surface area contributed by atoms with Crippen molar-refractivity contribution in [3.05, 3.63) is 70.4 Å². The fourth-order valence-corrected chi connectivity index (χ4v) is 5.54. The number of carbonyl (C=O) groups is 1. The molecule has 3 aromatic heterocycles. The molecule has 1 aromatic carbocycles. The SMILES string of the molecule is CCOc1nn(-c2ccc3cnc(CNC(=O)c4cc(Cl)c5c(c4)S(=O)(=O)[C@@H](F)COC5)cc3n2)cc1F. The highest BCUT2D eigenvalue weighted by Crippen LogP contribution is 2.32. The lowest BCUT2D eigenvalue weighted by Gasteiger charge is -2.12. The van der Waals surface area contributed by atoms with Gasteiger partial charge >= 0.3 is 0 Å². The van der Waals surface area contributed by atoms with Gasteiger partial charge in [-0.05, 0) is 37.3 Å². The van der Waals surface area contributed by atoms with Gasteiger partial charge in [-0.3, -0.25) is 9.78 Å². The number of rotatable bonds is 6. The normalized spacial score (nSPS) is 16.6. The van der Waals surface area contributed by atoms with Crippen LogP contribution in [0.1, 0.15) is 28.5 Å². The van der Waals surface area contributed by atoms with Crippen LogP contribution < -0.4 is 10.1 Å². The molecule has 10 nitrogen and oxygen atoms in total. The fourth-order valence-electron chi connectivity index (χ4n) is 3.85. The average Bonchev–Trinajstić information content (AvgIpc) is 3.22. The number of nitrogens with zero attached hydrogens (tertiary/aromatic N) is 4. The van der Waals surface area contributed by atoms with Crippen molar-refractivity contribution >= 4 is 38.2 Å². The van der Waals surface area contributed by atoms with E-state index < -0.39 is 33.7 Å². The third-order valence-corrected chi connectivity index (χ3v) is 7.88. The van der Waals surface area contributed by atoms with Gasteiger partial charge in [0.15, 0.2) is 5.82 Å². The summed E-state index contributed by atoms with van der Waals surface area (Å²) in [6.45, 7) is 1.14. The summed E-state index contributed by atoms with van der Waals surface area (Å²) >= 11 is 6.21. The monoisotopic (exact) mass is 563 g/mol.